The fourth-order valence-corrected chi connectivity index (χ4v) is 1.89. The van der Waals surface area contributed by atoms with Gasteiger partial charge in [0.15, 0.2) is 0 Å². The first kappa shape index (κ1) is 15.2. The summed E-state index contributed by atoms with van der Waals surface area (Å²) in [5, 5.41) is 0. The Balaban J connectivity index is 3.94. The van der Waals surface area contributed by atoms with Crippen LogP contribution in [0.15, 0.2) is 35.5 Å². The van der Waals surface area contributed by atoms with E-state index >= 15 is 0 Å². The van der Waals surface area contributed by atoms with Crippen LogP contribution >= 0.6 is 0 Å². The smallest absolute Gasteiger partial charge is 0.0314 e. The van der Waals surface area contributed by atoms with E-state index in [0.29, 0.717) is 0 Å². The lowest BCUT2D eigenvalue weighted by Gasteiger charge is -2.07. The van der Waals surface area contributed by atoms with Crippen molar-refractivity contribution in [3.05, 3.63) is 35.5 Å². The van der Waals surface area contributed by atoms with Crippen LogP contribution in [-0.4, -0.2) is 0 Å². The third-order valence-corrected chi connectivity index (χ3v) is 2.95. The van der Waals surface area contributed by atoms with Crippen molar-refractivity contribution in [1.82, 2.24) is 0 Å². The lowest BCUT2D eigenvalue weighted by Crippen LogP contribution is -1.87. The number of hydrogen-bond donors (Lipinski definition) is 0. The Morgan fingerprint density at radius 1 is 0.938 bits per heavy atom. The summed E-state index contributed by atoms with van der Waals surface area (Å²) in [5.74, 6) is 0. The van der Waals surface area contributed by atoms with Gasteiger partial charge in [-0.15, -0.1) is 0 Å². The predicted molar refractivity (Wildman–Crippen MR) is 75.7 cm³/mol. The van der Waals surface area contributed by atoms with Gasteiger partial charge in [0.1, 0.15) is 0 Å². The minimum Gasteiger partial charge on any atom is -0.0885 e. The first-order valence-electron chi connectivity index (χ1n) is 6.73. The van der Waals surface area contributed by atoms with Crippen LogP contribution < -0.4 is 0 Å². The van der Waals surface area contributed by atoms with E-state index in [1.807, 2.05) is 0 Å². The minimum atomic E-state index is 1.18. The molecule has 0 aromatic carbocycles. The van der Waals surface area contributed by atoms with Crippen molar-refractivity contribution >= 4 is 0 Å². The van der Waals surface area contributed by atoms with Crippen LogP contribution in [0.3, 0.4) is 0 Å². The molecular formula is C16H28. The van der Waals surface area contributed by atoms with Crippen LogP contribution in [0.25, 0.3) is 0 Å². The van der Waals surface area contributed by atoms with Crippen molar-refractivity contribution in [2.75, 3.05) is 0 Å². The van der Waals surface area contributed by atoms with E-state index in [-0.39, 0.29) is 0 Å². The Hall–Kier alpha value is -0.780. The largest absolute Gasteiger partial charge is 0.0885 e. The zero-order valence-corrected chi connectivity index (χ0v) is 11.6. The van der Waals surface area contributed by atoms with Gasteiger partial charge in [-0.25, -0.2) is 0 Å². The van der Waals surface area contributed by atoms with Gasteiger partial charge in [0.2, 0.25) is 0 Å². The van der Waals surface area contributed by atoms with Crippen molar-refractivity contribution in [2.24, 2.45) is 0 Å². The summed E-state index contributed by atoms with van der Waals surface area (Å²) in [4.78, 5) is 0. The van der Waals surface area contributed by atoms with Gasteiger partial charge in [0.05, 0.1) is 0 Å². The van der Waals surface area contributed by atoms with Gasteiger partial charge in [0, 0.05) is 0 Å². The zero-order chi connectivity index (χ0) is 12.2. The zero-order valence-electron chi connectivity index (χ0n) is 11.6. The Kier molecular flexibility index (Phi) is 10.2. The van der Waals surface area contributed by atoms with Gasteiger partial charge >= 0.3 is 0 Å². The lowest BCUT2D eigenvalue weighted by molar-refractivity contribution is 0.740. The predicted octanol–water partition coefficient (Wildman–Crippen LogP) is 5.82. The molecule has 0 aromatic rings. The Morgan fingerprint density at radius 2 is 1.62 bits per heavy atom. The summed E-state index contributed by atoms with van der Waals surface area (Å²) in [7, 11) is 0. The summed E-state index contributed by atoms with van der Waals surface area (Å²) in [5.41, 5.74) is 3.20. The summed E-state index contributed by atoms with van der Waals surface area (Å²) < 4.78 is 0. The molecule has 0 aliphatic rings. The van der Waals surface area contributed by atoms with Gasteiger partial charge in [-0.3, -0.25) is 0 Å². The summed E-state index contributed by atoms with van der Waals surface area (Å²) >= 11 is 0. The second-order valence-corrected chi connectivity index (χ2v) is 4.25. The summed E-state index contributed by atoms with van der Waals surface area (Å²) in [6.45, 7) is 8.75. The maximum absolute atomic E-state index is 2.30. The number of hydrogen-bond acceptors (Lipinski definition) is 0. The normalized spacial score (nSPS) is 13.8. The van der Waals surface area contributed by atoms with Crippen LogP contribution in [0.1, 0.15) is 66.2 Å². The molecule has 0 unspecified atom stereocenters. The van der Waals surface area contributed by atoms with Crippen molar-refractivity contribution in [2.45, 2.75) is 66.2 Å². The molecule has 0 N–H and O–H groups in total. The van der Waals surface area contributed by atoms with Gasteiger partial charge in [-0.1, -0.05) is 55.7 Å². The van der Waals surface area contributed by atoms with E-state index in [4.69, 9.17) is 0 Å². The maximum Gasteiger partial charge on any atom is -0.0314 e. The van der Waals surface area contributed by atoms with Crippen LogP contribution in [0.2, 0.25) is 0 Å². The highest BCUT2D eigenvalue weighted by Gasteiger charge is 1.97. The summed E-state index contributed by atoms with van der Waals surface area (Å²) in [6, 6.07) is 0. The highest BCUT2D eigenvalue weighted by Crippen LogP contribution is 2.17. The molecule has 0 nitrogen and oxygen atoms in total. The minimum absolute atomic E-state index is 1.18. The molecule has 0 aliphatic carbocycles. The van der Waals surface area contributed by atoms with E-state index in [0.717, 1.165) is 0 Å². The Bertz CT molecular complexity index is 241. The monoisotopic (exact) mass is 220 g/mol. The first-order valence-corrected chi connectivity index (χ1v) is 6.73. The molecule has 0 heterocycles. The van der Waals surface area contributed by atoms with Crippen LogP contribution in [0.4, 0.5) is 0 Å². The lowest BCUT2D eigenvalue weighted by atomic mass is 10.00. The fraction of sp³-hybridized carbons (Fsp3) is 0.625. The highest BCUT2D eigenvalue weighted by molar-refractivity contribution is 5.12. The third-order valence-electron chi connectivity index (χ3n) is 2.95. The molecule has 0 rings (SSSR count). The molecule has 0 atom stereocenters. The molecule has 0 spiro atoms. The van der Waals surface area contributed by atoms with Crippen LogP contribution in [0, 0.1) is 0 Å². The molecule has 0 fully saturated rings. The molecule has 0 aromatic heterocycles. The Labute approximate surface area is 102 Å². The van der Waals surface area contributed by atoms with E-state index in [9.17, 15) is 0 Å². The second kappa shape index (κ2) is 10.7. The van der Waals surface area contributed by atoms with Crippen molar-refractivity contribution < 1.29 is 0 Å². The topological polar surface area (TPSA) is 0 Å². The van der Waals surface area contributed by atoms with Gasteiger partial charge in [-0.05, 0) is 46.0 Å². The molecule has 0 aliphatic heterocycles. The molecular weight excluding hydrogens is 192 g/mol. The van der Waals surface area contributed by atoms with Crippen molar-refractivity contribution in [3.8, 4) is 0 Å². The molecule has 0 heteroatoms. The van der Waals surface area contributed by atoms with E-state index in [1.165, 1.54) is 38.5 Å². The molecule has 0 amide bonds. The fourth-order valence-electron chi connectivity index (χ4n) is 1.89. The standard InChI is InChI=1S/C16H28/c1-5-9-12-16(8-4)14-10-13-15(7-3)11-6-2/h5,7,9,12H,6,8,10-11,13-14H2,1-4H3/b9-5-,15-7+,16-12+. The quantitative estimate of drug-likeness (QED) is 0.357. The summed E-state index contributed by atoms with van der Waals surface area (Å²) in [6.07, 6.45) is 16.4. The molecule has 0 saturated heterocycles. The van der Waals surface area contributed by atoms with E-state index in [2.05, 4.69) is 52.0 Å². The van der Waals surface area contributed by atoms with Gasteiger partial charge in [-0.2, -0.15) is 0 Å². The van der Waals surface area contributed by atoms with E-state index < -0.39 is 0 Å². The Morgan fingerprint density at radius 3 is 2.12 bits per heavy atom. The molecule has 0 radical (unpaired) electrons. The highest BCUT2D eigenvalue weighted by atomic mass is 14.0. The van der Waals surface area contributed by atoms with Crippen molar-refractivity contribution in [3.63, 3.8) is 0 Å². The average Bonchev–Trinajstić information content (AvgIpc) is 2.32. The molecule has 0 bridgehead atoms. The van der Waals surface area contributed by atoms with Gasteiger partial charge < -0.3 is 0 Å². The van der Waals surface area contributed by atoms with Crippen LogP contribution in [-0.2, 0) is 0 Å². The van der Waals surface area contributed by atoms with Gasteiger partial charge in [0.25, 0.3) is 0 Å². The second-order valence-electron chi connectivity index (χ2n) is 4.25. The average molecular weight is 220 g/mol. The molecule has 0 saturated carbocycles. The molecule has 16 heavy (non-hydrogen) atoms. The number of rotatable bonds is 8. The van der Waals surface area contributed by atoms with E-state index in [1.54, 1.807) is 11.1 Å². The van der Waals surface area contributed by atoms with Crippen molar-refractivity contribution in [1.29, 1.82) is 0 Å². The maximum atomic E-state index is 2.30. The number of allylic oxidation sites excluding steroid dienone is 6. The first-order chi connectivity index (χ1) is 7.78. The third kappa shape index (κ3) is 7.50. The molecule has 92 valence electrons. The SMILES string of the molecule is C/C=C\C=C(/CC)CCC/C(=C/C)CCC. The van der Waals surface area contributed by atoms with Crippen LogP contribution in [0.5, 0.6) is 0 Å².